The Labute approximate surface area is 181 Å². The molecule has 4 N–H and O–H groups in total. The minimum absolute atomic E-state index is 0.558. The van der Waals surface area contributed by atoms with Crippen molar-refractivity contribution in [2.45, 2.75) is 45.4 Å². The molecule has 1 heterocycles. The van der Waals surface area contributed by atoms with E-state index in [4.69, 9.17) is 20.2 Å². The van der Waals surface area contributed by atoms with Gasteiger partial charge in [-0.3, -0.25) is 0 Å². The van der Waals surface area contributed by atoms with Crippen molar-refractivity contribution in [2.75, 3.05) is 6.61 Å². The Bertz CT molecular complexity index is 813. The molecule has 0 bridgehead atoms. The summed E-state index contributed by atoms with van der Waals surface area (Å²) in [5.74, 6) is -1.68. The lowest BCUT2D eigenvalue weighted by Gasteiger charge is -2.08. The Morgan fingerprint density at radius 1 is 1.10 bits per heavy atom. The van der Waals surface area contributed by atoms with Crippen molar-refractivity contribution in [2.24, 2.45) is 5.16 Å². The highest BCUT2D eigenvalue weighted by atomic mass is 16.5. The zero-order chi connectivity index (χ0) is 22.9. The number of aromatic amines is 1. The van der Waals surface area contributed by atoms with Crippen molar-refractivity contribution < 1.29 is 29.7 Å². The van der Waals surface area contributed by atoms with Gasteiger partial charge in [0, 0.05) is 24.0 Å². The number of rotatable bonds is 12. The van der Waals surface area contributed by atoms with Crippen molar-refractivity contribution >= 4 is 17.7 Å². The molecule has 0 aliphatic heterocycles. The topological polar surface area (TPSA) is 145 Å². The summed E-state index contributed by atoms with van der Waals surface area (Å²) in [5, 5.41) is 28.2. The van der Waals surface area contributed by atoms with Crippen LogP contribution in [-0.2, 0) is 16.0 Å². The van der Waals surface area contributed by atoms with Crippen LogP contribution in [0.1, 0.15) is 50.3 Å². The van der Waals surface area contributed by atoms with E-state index >= 15 is 0 Å². The van der Waals surface area contributed by atoms with Crippen molar-refractivity contribution in [1.82, 2.24) is 9.97 Å². The largest absolute Gasteiger partial charge is 0.494 e. The number of hydrogen-bond donors (Lipinski definition) is 4. The van der Waals surface area contributed by atoms with Gasteiger partial charge in [0.05, 0.1) is 18.6 Å². The molecule has 0 saturated heterocycles. The van der Waals surface area contributed by atoms with Crippen LogP contribution in [0.4, 0.5) is 0 Å². The lowest BCUT2D eigenvalue weighted by Crippen LogP contribution is -2.02. The van der Waals surface area contributed by atoms with E-state index in [-0.39, 0.29) is 0 Å². The van der Waals surface area contributed by atoms with Crippen molar-refractivity contribution in [3.8, 4) is 5.75 Å². The van der Waals surface area contributed by atoms with Crippen LogP contribution in [0, 0.1) is 0 Å². The predicted octanol–water partition coefficient (Wildman–Crippen LogP) is 3.89. The summed E-state index contributed by atoms with van der Waals surface area (Å²) in [6.07, 6.45) is 10.7. The highest BCUT2D eigenvalue weighted by molar-refractivity contribution is 6.00. The molecule has 0 unspecified atom stereocenters. The zero-order valence-electron chi connectivity index (χ0n) is 17.5. The van der Waals surface area contributed by atoms with Gasteiger partial charge in [0.1, 0.15) is 5.75 Å². The first-order valence-electron chi connectivity index (χ1n) is 10.0. The minimum atomic E-state index is -1.26. The number of carboxylic acids is 2. The maximum absolute atomic E-state index is 9.55. The number of aryl methyl sites for hydroxylation is 1. The van der Waals surface area contributed by atoms with Crippen LogP contribution in [0.2, 0.25) is 0 Å². The minimum Gasteiger partial charge on any atom is -0.494 e. The number of oxime groups is 1. The molecule has 9 heteroatoms. The molecule has 31 heavy (non-hydrogen) atoms. The van der Waals surface area contributed by atoms with Crippen molar-refractivity contribution in [3.05, 3.63) is 60.2 Å². The van der Waals surface area contributed by atoms with E-state index in [0.717, 1.165) is 61.2 Å². The van der Waals surface area contributed by atoms with E-state index in [1.807, 2.05) is 30.5 Å². The van der Waals surface area contributed by atoms with Crippen molar-refractivity contribution in [3.63, 3.8) is 0 Å². The summed E-state index contributed by atoms with van der Waals surface area (Å²) in [4.78, 5) is 26.2. The molecule has 0 saturated carbocycles. The van der Waals surface area contributed by atoms with Gasteiger partial charge in [0.2, 0.25) is 0 Å². The molecule has 0 amide bonds. The summed E-state index contributed by atoms with van der Waals surface area (Å²) >= 11 is 0. The molecule has 9 nitrogen and oxygen atoms in total. The fourth-order valence-corrected chi connectivity index (χ4v) is 2.55. The molecular formula is C22H29N3O6. The van der Waals surface area contributed by atoms with Crippen LogP contribution in [0.3, 0.4) is 0 Å². The zero-order valence-corrected chi connectivity index (χ0v) is 17.5. The third kappa shape index (κ3) is 11.8. The number of aromatic nitrogens is 2. The number of H-pyrrole nitrogens is 1. The fraction of sp³-hybridized carbons (Fsp3) is 0.364. The smallest absolute Gasteiger partial charge is 0.328 e. The number of imidazole rings is 1. The number of carbonyl (C=O) groups is 2. The number of unbranched alkanes of at least 4 members (excludes halogenated alkanes) is 2. The van der Waals surface area contributed by atoms with E-state index < -0.39 is 11.9 Å². The van der Waals surface area contributed by atoms with E-state index in [2.05, 4.69) is 22.0 Å². The average molecular weight is 431 g/mol. The molecule has 0 aliphatic carbocycles. The first-order chi connectivity index (χ1) is 15.0. The number of nitrogens with zero attached hydrogens (tertiary/aromatic N) is 2. The van der Waals surface area contributed by atoms with Gasteiger partial charge >= 0.3 is 11.9 Å². The molecule has 2 rings (SSSR count). The highest BCUT2D eigenvalue weighted by Crippen LogP contribution is 2.16. The number of ether oxygens (including phenoxy) is 1. The molecule has 1 aromatic carbocycles. The van der Waals surface area contributed by atoms with Gasteiger partial charge in [0.15, 0.2) is 0 Å². The van der Waals surface area contributed by atoms with Crippen LogP contribution >= 0.6 is 0 Å². The van der Waals surface area contributed by atoms with Gasteiger partial charge in [-0.1, -0.05) is 24.9 Å². The Morgan fingerprint density at radius 3 is 2.29 bits per heavy atom. The second kappa shape index (κ2) is 15.3. The van der Waals surface area contributed by atoms with Gasteiger partial charge in [0.25, 0.3) is 0 Å². The third-order valence-electron chi connectivity index (χ3n) is 4.11. The van der Waals surface area contributed by atoms with E-state index in [1.54, 1.807) is 6.33 Å². The van der Waals surface area contributed by atoms with Gasteiger partial charge < -0.3 is 25.1 Å². The summed E-state index contributed by atoms with van der Waals surface area (Å²) in [6, 6.07) is 7.75. The maximum Gasteiger partial charge on any atom is 0.328 e. The second-order valence-electron chi connectivity index (χ2n) is 6.57. The molecule has 2 aromatic rings. The third-order valence-corrected chi connectivity index (χ3v) is 4.11. The standard InChI is InChI=1S/C18H25N3O2.C4H4O4/c1-2-3-4-7-18(21-22)15-8-10-17(11-9-15)23-12-5-6-16-13-19-14-20-16;5-3(6)1-2-4(7)8/h8-11,13-14,22H,2-7,12H2,1H3,(H,19,20);1-2H,(H,5,6)(H,7,8)/b21-18+;2-1-. The van der Waals surface area contributed by atoms with E-state index in [9.17, 15) is 9.59 Å². The molecule has 1 aromatic heterocycles. The highest BCUT2D eigenvalue weighted by Gasteiger charge is 2.05. The number of nitrogens with one attached hydrogen (secondary N) is 1. The molecule has 0 fully saturated rings. The van der Waals surface area contributed by atoms with Gasteiger partial charge in [-0.25, -0.2) is 14.6 Å². The van der Waals surface area contributed by atoms with E-state index in [0.29, 0.717) is 18.8 Å². The molecule has 168 valence electrons. The van der Waals surface area contributed by atoms with Crippen LogP contribution in [-0.4, -0.2) is 49.6 Å². The fourth-order valence-electron chi connectivity index (χ4n) is 2.55. The first kappa shape index (κ1) is 25.4. The lowest BCUT2D eigenvalue weighted by atomic mass is 10.0. The normalized spacial score (nSPS) is 11.1. The monoisotopic (exact) mass is 431 g/mol. The summed E-state index contributed by atoms with van der Waals surface area (Å²) in [5.41, 5.74) is 2.82. The van der Waals surface area contributed by atoms with Crippen LogP contribution in [0.25, 0.3) is 0 Å². The summed E-state index contributed by atoms with van der Waals surface area (Å²) in [6.45, 7) is 2.82. The first-order valence-corrected chi connectivity index (χ1v) is 10.0. The molecule has 0 aliphatic rings. The molecule has 0 radical (unpaired) electrons. The Kier molecular flexibility index (Phi) is 12.5. The van der Waals surface area contributed by atoms with E-state index in [1.165, 1.54) is 0 Å². The van der Waals surface area contributed by atoms with Crippen LogP contribution in [0.5, 0.6) is 5.75 Å². The Balaban J connectivity index is 0.000000512. The number of benzene rings is 1. The Hall–Kier alpha value is -3.62. The molecular weight excluding hydrogens is 402 g/mol. The summed E-state index contributed by atoms with van der Waals surface area (Å²) < 4.78 is 5.73. The summed E-state index contributed by atoms with van der Waals surface area (Å²) in [7, 11) is 0. The van der Waals surface area contributed by atoms with Gasteiger partial charge in [-0.15, -0.1) is 0 Å². The van der Waals surface area contributed by atoms with Crippen molar-refractivity contribution in [1.29, 1.82) is 0 Å². The number of hydrogen-bond acceptors (Lipinski definition) is 6. The maximum atomic E-state index is 9.55. The predicted molar refractivity (Wildman–Crippen MR) is 116 cm³/mol. The number of aliphatic carboxylic acids is 2. The van der Waals surface area contributed by atoms with Crippen LogP contribution < -0.4 is 4.74 Å². The van der Waals surface area contributed by atoms with Gasteiger partial charge in [-0.2, -0.15) is 0 Å². The number of carboxylic acid groups (broad SMARTS) is 2. The SMILES string of the molecule is CCCCC/C(=N\O)c1ccc(OCCCc2cnc[nH]2)cc1.O=C(O)/C=C\C(=O)O. The molecule has 0 atom stereocenters. The van der Waals surface area contributed by atoms with Gasteiger partial charge in [-0.05, 0) is 55.5 Å². The lowest BCUT2D eigenvalue weighted by molar-refractivity contribution is -0.134. The Morgan fingerprint density at radius 2 is 1.77 bits per heavy atom. The quantitative estimate of drug-likeness (QED) is 0.131. The second-order valence-corrected chi connectivity index (χ2v) is 6.57. The average Bonchev–Trinajstić information content (AvgIpc) is 3.28. The molecule has 0 spiro atoms. The van der Waals surface area contributed by atoms with Crippen LogP contribution in [0.15, 0.2) is 54.1 Å².